The van der Waals surface area contributed by atoms with Crippen LogP contribution in [0.15, 0.2) is 41.3 Å². The van der Waals surface area contributed by atoms with Crippen molar-refractivity contribution in [2.75, 3.05) is 20.1 Å². The van der Waals surface area contributed by atoms with Crippen molar-refractivity contribution in [3.8, 4) is 0 Å². The number of hydrogen-bond donors (Lipinski definition) is 1. The Balaban J connectivity index is 1.86. The topological polar surface area (TPSA) is 54.3 Å². The van der Waals surface area contributed by atoms with Crippen LogP contribution in [0.4, 0.5) is 0 Å². The Labute approximate surface area is 123 Å². The van der Waals surface area contributed by atoms with Gasteiger partial charge in [0.1, 0.15) is 6.54 Å². The number of fused-ring (bicyclic) bond motifs is 1. The largest absolute Gasteiger partial charge is 0.340 e. The fraction of sp³-hybridized carbons (Fsp3) is 0.375. The number of rotatable bonds is 3. The van der Waals surface area contributed by atoms with E-state index in [1.54, 1.807) is 12.3 Å². The number of carbonyl (C=O) groups excluding carboxylic acids is 1. The van der Waals surface area contributed by atoms with Gasteiger partial charge in [0.15, 0.2) is 5.43 Å². The zero-order valence-corrected chi connectivity index (χ0v) is 12.1. The second kappa shape index (κ2) is 5.69. The lowest BCUT2D eigenvalue weighted by molar-refractivity contribution is -0.132. The Kier molecular flexibility index (Phi) is 3.75. The summed E-state index contributed by atoms with van der Waals surface area (Å²) in [5.41, 5.74) is 0.791. The molecule has 1 amide bonds. The maximum atomic E-state index is 12.4. The van der Waals surface area contributed by atoms with E-state index in [2.05, 4.69) is 5.32 Å². The van der Waals surface area contributed by atoms with Gasteiger partial charge < -0.3 is 14.8 Å². The van der Waals surface area contributed by atoms with E-state index < -0.39 is 0 Å². The van der Waals surface area contributed by atoms with Gasteiger partial charge in [0.2, 0.25) is 5.91 Å². The summed E-state index contributed by atoms with van der Waals surface area (Å²) in [6.07, 6.45) is 2.69. The molecule has 5 heteroatoms. The lowest BCUT2D eigenvalue weighted by Gasteiger charge is -2.24. The smallest absolute Gasteiger partial charge is 0.242 e. The molecule has 0 aliphatic carbocycles. The Morgan fingerprint density at radius 2 is 2.19 bits per heavy atom. The number of benzene rings is 1. The molecule has 1 fully saturated rings. The van der Waals surface area contributed by atoms with E-state index >= 15 is 0 Å². The van der Waals surface area contributed by atoms with Crippen molar-refractivity contribution in [2.45, 2.75) is 19.0 Å². The highest BCUT2D eigenvalue weighted by molar-refractivity contribution is 5.82. The summed E-state index contributed by atoms with van der Waals surface area (Å²) >= 11 is 0. The predicted molar refractivity (Wildman–Crippen MR) is 82.3 cm³/mol. The third-order valence-electron chi connectivity index (χ3n) is 4.17. The van der Waals surface area contributed by atoms with Crippen LogP contribution in [0.1, 0.15) is 6.42 Å². The Morgan fingerprint density at radius 1 is 1.38 bits per heavy atom. The van der Waals surface area contributed by atoms with Gasteiger partial charge >= 0.3 is 0 Å². The number of nitrogens with one attached hydrogen (secondary N) is 1. The number of carbonyl (C=O) groups is 1. The standard InChI is InChI=1S/C16H19N3O2/c1-18(12-6-8-17-10-12)16(21)11-19-9-7-15(20)13-4-2-3-5-14(13)19/h2-5,7,9,12,17H,6,8,10-11H2,1H3. The predicted octanol–water partition coefficient (Wildman–Crippen LogP) is 0.822. The zero-order chi connectivity index (χ0) is 14.8. The summed E-state index contributed by atoms with van der Waals surface area (Å²) in [5.74, 6) is 0.0671. The van der Waals surface area contributed by atoms with E-state index in [4.69, 9.17) is 0 Å². The van der Waals surface area contributed by atoms with E-state index in [9.17, 15) is 9.59 Å². The third-order valence-corrected chi connectivity index (χ3v) is 4.17. The maximum Gasteiger partial charge on any atom is 0.242 e. The lowest BCUT2D eigenvalue weighted by atomic mass is 10.2. The van der Waals surface area contributed by atoms with Crippen molar-refractivity contribution in [1.29, 1.82) is 0 Å². The number of amides is 1. The molecule has 1 aliphatic heterocycles. The van der Waals surface area contributed by atoms with Crippen molar-refractivity contribution in [3.63, 3.8) is 0 Å². The summed E-state index contributed by atoms with van der Waals surface area (Å²) in [6, 6.07) is 9.18. The summed E-state index contributed by atoms with van der Waals surface area (Å²) in [4.78, 5) is 26.1. The normalized spacial score (nSPS) is 18.0. The van der Waals surface area contributed by atoms with Gasteiger partial charge in [-0.2, -0.15) is 0 Å². The number of hydrogen-bond acceptors (Lipinski definition) is 3. The molecule has 1 N–H and O–H groups in total. The van der Waals surface area contributed by atoms with E-state index in [1.807, 2.05) is 34.7 Å². The molecule has 1 unspecified atom stereocenters. The highest BCUT2D eigenvalue weighted by Gasteiger charge is 2.23. The third kappa shape index (κ3) is 2.69. The molecule has 1 saturated heterocycles. The monoisotopic (exact) mass is 285 g/mol. The number of likely N-dealkylation sites (N-methyl/N-ethyl adjacent to an activating group) is 1. The van der Waals surface area contributed by atoms with E-state index in [-0.39, 0.29) is 23.9 Å². The van der Waals surface area contributed by atoms with Crippen LogP contribution >= 0.6 is 0 Å². The zero-order valence-electron chi connectivity index (χ0n) is 12.1. The van der Waals surface area contributed by atoms with Crippen LogP contribution in [-0.4, -0.2) is 41.6 Å². The van der Waals surface area contributed by atoms with Crippen LogP contribution in [0.5, 0.6) is 0 Å². The molecule has 1 aromatic heterocycles. The highest BCUT2D eigenvalue weighted by atomic mass is 16.2. The molecule has 1 aromatic carbocycles. The Morgan fingerprint density at radius 3 is 2.95 bits per heavy atom. The first-order valence-corrected chi connectivity index (χ1v) is 7.21. The van der Waals surface area contributed by atoms with Gasteiger partial charge in [-0.15, -0.1) is 0 Å². The average molecular weight is 285 g/mol. The van der Waals surface area contributed by atoms with Crippen LogP contribution in [0.25, 0.3) is 10.9 Å². The van der Waals surface area contributed by atoms with Crippen LogP contribution in [-0.2, 0) is 11.3 Å². The van der Waals surface area contributed by atoms with Gasteiger partial charge in [0.05, 0.1) is 5.52 Å². The molecule has 0 bridgehead atoms. The molecule has 110 valence electrons. The van der Waals surface area contributed by atoms with Crippen LogP contribution in [0.2, 0.25) is 0 Å². The number of pyridine rings is 1. The minimum atomic E-state index is -0.0114. The van der Waals surface area contributed by atoms with Crippen LogP contribution in [0, 0.1) is 0 Å². The molecule has 1 atom stereocenters. The minimum absolute atomic E-state index is 0.0114. The van der Waals surface area contributed by atoms with E-state index in [1.165, 1.54) is 6.07 Å². The molecular formula is C16H19N3O2. The summed E-state index contributed by atoms with van der Waals surface area (Å²) in [6.45, 7) is 2.07. The minimum Gasteiger partial charge on any atom is -0.340 e. The van der Waals surface area contributed by atoms with E-state index in [0.717, 1.165) is 25.0 Å². The van der Waals surface area contributed by atoms with Gasteiger partial charge in [-0.3, -0.25) is 9.59 Å². The first kappa shape index (κ1) is 13.8. The first-order valence-electron chi connectivity index (χ1n) is 7.21. The molecule has 0 saturated carbocycles. The van der Waals surface area contributed by atoms with Gasteiger partial charge in [-0.1, -0.05) is 12.1 Å². The van der Waals surface area contributed by atoms with Crippen LogP contribution < -0.4 is 10.7 Å². The quantitative estimate of drug-likeness (QED) is 0.908. The maximum absolute atomic E-state index is 12.4. The van der Waals surface area contributed by atoms with Crippen LogP contribution in [0.3, 0.4) is 0 Å². The summed E-state index contributed by atoms with van der Waals surface area (Å²) in [7, 11) is 1.85. The van der Waals surface area contributed by atoms with E-state index in [0.29, 0.717) is 5.39 Å². The number of nitrogens with zero attached hydrogens (tertiary/aromatic N) is 2. The number of para-hydroxylation sites is 1. The summed E-state index contributed by atoms with van der Waals surface area (Å²) < 4.78 is 1.85. The van der Waals surface area contributed by atoms with Crippen molar-refractivity contribution in [1.82, 2.24) is 14.8 Å². The summed E-state index contributed by atoms with van der Waals surface area (Å²) in [5, 5.41) is 3.92. The van der Waals surface area contributed by atoms with Gasteiger partial charge in [0, 0.05) is 37.3 Å². The van der Waals surface area contributed by atoms with Gasteiger partial charge in [-0.25, -0.2) is 0 Å². The van der Waals surface area contributed by atoms with Crippen molar-refractivity contribution < 1.29 is 4.79 Å². The molecule has 1 aliphatic rings. The van der Waals surface area contributed by atoms with Crippen molar-refractivity contribution >= 4 is 16.8 Å². The molecule has 0 spiro atoms. The van der Waals surface area contributed by atoms with Gasteiger partial charge in [-0.05, 0) is 25.1 Å². The molecule has 0 radical (unpaired) electrons. The first-order chi connectivity index (χ1) is 10.2. The fourth-order valence-electron chi connectivity index (χ4n) is 2.83. The Hall–Kier alpha value is -2.14. The second-order valence-electron chi connectivity index (χ2n) is 5.48. The number of aromatic nitrogens is 1. The lowest BCUT2D eigenvalue weighted by Crippen LogP contribution is -2.40. The second-order valence-corrected chi connectivity index (χ2v) is 5.48. The SMILES string of the molecule is CN(C(=O)Cn1ccc(=O)c2ccccc21)C1CCNC1. The molecule has 2 heterocycles. The highest BCUT2D eigenvalue weighted by Crippen LogP contribution is 2.11. The average Bonchev–Trinajstić information content (AvgIpc) is 3.04. The molecule has 2 aromatic rings. The van der Waals surface area contributed by atoms with Crippen molar-refractivity contribution in [2.24, 2.45) is 0 Å². The fourth-order valence-corrected chi connectivity index (χ4v) is 2.83. The molecular weight excluding hydrogens is 266 g/mol. The molecule has 21 heavy (non-hydrogen) atoms. The Bertz CT molecular complexity index is 717. The molecule has 5 nitrogen and oxygen atoms in total. The van der Waals surface area contributed by atoms with Crippen molar-refractivity contribution in [3.05, 3.63) is 46.8 Å². The van der Waals surface area contributed by atoms with Gasteiger partial charge in [0.25, 0.3) is 0 Å². The molecule has 3 rings (SSSR count).